The molecule has 0 aliphatic heterocycles. The summed E-state index contributed by atoms with van der Waals surface area (Å²) in [5, 5.41) is 11.7. The number of carbonyl (C=O) groups excluding carboxylic acids is 2. The smallest absolute Gasteiger partial charge is 0.309 e. The summed E-state index contributed by atoms with van der Waals surface area (Å²) in [7, 11) is 0. The normalized spacial score (nSPS) is 14.3. The molecule has 0 aliphatic rings. The van der Waals surface area contributed by atoms with Gasteiger partial charge in [-0.3, -0.25) is 9.59 Å². The van der Waals surface area contributed by atoms with Gasteiger partial charge in [0.2, 0.25) is 0 Å². The minimum Gasteiger partial charge on any atom is -0.460 e. The summed E-state index contributed by atoms with van der Waals surface area (Å²) in [5.74, 6) is -2.51. The van der Waals surface area contributed by atoms with Crippen LogP contribution < -0.4 is 11.5 Å². The maximum Gasteiger partial charge on any atom is 0.309 e. The van der Waals surface area contributed by atoms with Gasteiger partial charge in [-0.2, -0.15) is 0 Å². The number of aryl methyl sites for hydroxylation is 2. The first-order chi connectivity index (χ1) is 18.8. The molecule has 3 aromatic carbocycles. The Morgan fingerprint density at radius 2 is 1.40 bits per heavy atom. The summed E-state index contributed by atoms with van der Waals surface area (Å²) in [6, 6.07) is 24.6. The van der Waals surface area contributed by atoms with Gasteiger partial charge < -0.3 is 21.3 Å². The lowest BCUT2D eigenvalue weighted by atomic mass is 9.76. The molecule has 0 heterocycles. The Balaban J connectivity index is 1.94. The number of esters is 1. The van der Waals surface area contributed by atoms with Crippen molar-refractivity contribution in [3.63, 3.8) is 0 Å². The number of ether oxygens (including phenoxy) is 1. The van der Waals surface area contributed by atoms with Gasteiger partial charge in [0.25, 0.3) is 0 Å². The first-order valence-electron chi connectivity index (χ1n) is 14.0. The van der Waals surface area contributed by atoms with Gasteiger partial charge in [0, 0.05) is 6.42 Å². The first-order valence-corrected chi connectivity index (χ1v) is 14.0. The summed E-state index contributed by atoms with van der Waals surface area (Å²) in [4.78, 5) is 27.2. The molecule has 0 radical (unpaired) electrons. The van der Waals surface area contributed by atoms with Crippen molar-refractivity contribution in [2.45, 2.75) is 77.7 Å². The molecule has 0 saturated heterocycles. The predicted molar refractivity (Wildman–Crippen MR) is 159 cm³/mol. The zero-order valence-electron chi connectivity index (χ0n) is 24.4. The summed E-state index contributed by atoms with van der Waals surface area (Å²) in [6.07, 6.45) is -0.283. The van der Waals surface area contributed by atoms with Gasteiger partial charge in [0.1, 0.15) is 17.0 Å². The summed E-state index contributed by atoms with van der Waals surface area (Å²) >= 11 is 0. The number of carbonyl (C=O) groups is 2. The van der Waals surface area contributed by atoms with Crippen molar-refractivity contribution in [2.24, 2.45) is 23.3 Å². The van der Waals surface area contributed by atoms with Crippen molar-refractivity contribution in [1.29, 1.82) is 0 Å². The second kappa shape index (κ2) is 13.4. The fourth-order valence-corrected chi connectivity index (χ4v) is 5.33. The number of nitrogens with two attached hydrogens (primary N) is 2. The number of rotatable bonds is 12. The molecule has 5 N–H and O–H groups in total. The fourth-order valence-electron chi connectivity index (χ4n) is 5.33. The minimum atomic E-state index is -1.65. The molecule has 0 aliphatic carbocycles. The van der Waals surface area contributed by atoms with Crippen molar-refractivity contribution in [2.75, 3.05) is 0 Å². The third-order valence-corrected chi connectivity index (χ3v) is 7.38. The zero-order chi connectivity index (χ0) is 29.5. The quantitative estimate of drug-likeness (QED) is 0.215. The lowest BCUT2D eigenvalue weighted by molar-refractivity contribution is -0.162. The molecule has 0 fully saturated rings. The molecule has 0 amide bonds. The highest BCUT2D eigenvalue weighted by molar-refractivity contribution is 5.83. The van der Waals surface area contributed by atoms with E-state index in [-0.39, 0.29) is 18.6 Å². The Kier molecular flexibility index (Phi) is 10.4. The number of ketones is 1. The van der Waals surface area contributed by atoms with Gasteiger partial charge in [-0.15, -0.1) is 0 Å². The number of hydrogen-bond acceptors (Lipinski definition) is 6. The minimum absolute atomic E-state index is 0.0212. The van der Waals surface area contributed by atoms with E-state index in [0.29, 0.717) is 18.4 Å². The highest BCUT2D eigenvalue weighted by Crippen LogP contribution is 2.32. The number of benzene rings is 3. The largest absolute Gasteiger partial charge is 0.460 e. The SMILES string of the molecule is Cc1cccc(C)c1CCC(=O)[C@H]([C@@H](O)C[C@H](Cc1ccccc1)C(=O)OC(C)(C)C)C(N)(N)c1ccccc1. The van der Waals surface area contributed by atoms with Gasteiger partial charge in [0.15, 0.2) is 0 Å². The monoisotopic (exact) mass is 544 g/mol. The van der Waals surface area contributed by atoms with Crippen LogP contribution in [0.25, 0.3) is 0 Å². The standard InChI is InChI=1S/C34H44N2O4/c1-23-13-12-14-24(2)28(23)19-20-29(37)31(34(35,36)27-17-10-7-11-18-27)30(38)22-26(32(39)40-33(3,4)5)21-25-15-8-6-9-16-25/h6-18,26,30-31,38H,19-22,35-36H2,1-5H3/t26-,30-,31+/m0/s1. The van der Waals surface area contributed by atoms with Crippen molar-refractivity contribution in [3.05, 3.63) is 107 Å². The van der Waals surface area contributed by atoms with E-state index in [2.05, 4.69) is 0 Å². The molecule has 6 nitrogen and oxygen atoms in total. The average molecular weight is 545 g/mol. The van der Waals surface area contributed by atoms with Crippen molar-refractivity contribution in [3.8, 4) is 0 Å². The van der Waals surface area contributed by atoms with Gasteiger partial charge in [-0.05, 0) is 81.7 Å². The Hall–Kier alpha value is -3.32. The highest BCUT2D eigenvalue weighted by atomic mass is 16.6. The van der Waals surface area contributed by atoms with Crippen molar-refractivity contribution in [1.82, 2.24) is 0 Å². The van der Waals surface area contributed by atoms with Gasteiger partial charge in [-0.1, -0.05) is 78.9 Å². The van der Waals surface area contributed by atoms with Crippen LogP contribution in [-0.4, -0.2) is 28.6 Å². The van der Waals surface area contributed by atoms with Crippen LogP contribution in [0.3, 0.4) is 0 Å². The number of Topliss-reactive ketones (excluding diaryl/α,β-unsaturated/α-hetero) is 1. The Morgan fingerprint density at radius 1 is 0.850 bits per heavy atom. The Bertz CT molecular complexity index is 1250. The van der Waals surface area contributed by atoms with E-state index >= 15 is 0 Å². The second-order valence-electron chi connectivity index (χ2n) is 11.8. The maximum atomic E-state index is 13.9. The van der Waals surface area contributed by atoms with Gasteiger partial charge >= 0.3 is 5.97 Å². The van der Waals surface area contributed by atoms with E-state index in [1.54, 1.807) is 45.0 Å². The fraction of sp³-hybridized carbons (Fsp3) is 0.412. The van der Waals surface area contributed by atoms with Crippen LogP contribution in [0.2, 0.25) is 0 Å². The van der Waals surface area contributed by atoms with E-state index in [4.69, 9.17) is 16.2 Å². The molecular weight excluding hydrogens is 500 g/mol. The van der Waals surface area contributed by atoms with Crippen LogP contribution in [0.5, 0.6) is 0 Å². The molecular formula is C34H44N2O4. The maximum absolute atomic E-state index is 13.9. The van der Waals surface area contributed by atoms with Crippen LogP contribution in [0.15, 0.2) is 78.9 Å². The molecule has 3 aromatic rings. The van der Waals surface area contributed by atoms with Crippen LogP contribution in [0.4, 0.5) is 0 Å². The third kappa shape index (κ3) is 8.34. The molecule has 0 unspecified atom stereocenters. The van der Waals surface area contributed by atoms with Crippen molar-refractivity contribution >= 4 is 11.8 Å². The van der Waals surface area contributed by atoms with E-state index in [1.807, 2.05) is 68.4 Å². The van der Waals surface area contributed by atoms with Crippen LogP contribution in [0, 0.1) is 25.7 Å². The molecule has 3 rings (SSSR count). The highest BCUT2D eigenvalue weighted by Gasteiger charge is 2.44. The molecule has 3 atom stereocenters. The van der Waals surface area contributed by atoms with Crippen LogP contribution >= 0.6 is 0 Å². The molecule has 40 heavy (non-hydrogen) atoms. The van der Waals surface area contributed by atoms with Gasteiger partial charge in [0.05, 0.1) is 17.9 Å². The molecule has 0 aromatic heterocycles. The Morgan fingerprint density at radius 3 is 1.95 bits per heavy atom. The number of hydrogen-bond donors (Lipinski definition) is 3. The van der Waals surface area contributed by atoms with E-state index < -0.39 is 35.2 Å². The van der Waals surface area contributed by atoms with E-state index in [9.17, 15) is 14.7 Å². The average Bonchev–Trinajstić information content (AvgIpc) is 2.88. The lowest BCUT2D eigenvalue weighted by Gasteiger charge is -2.37. The number of aliphatic hydroxyl groups is 1. The Labute approximate surface area is 238 Å². The molecule has 0 bridgehead atoms. The number of aliphatic hydroxyl groups excluding tert-OH is 1. The van der Waals surface area contributed by atoms with Crippen LogP contribution in [-0.2, 0) is 32.8 Å². The topological polar surface area (TPSA) is 116 Å². The lowest BCUT2D eigenvalue weighted by Crippen LogP contribution is -2.59. The zero-order valence-corrected chi connectivity index (χ0v) is 24.4. The predicted octanol–water partition coefficient (Wildman–Crippen LogP) is 5.14. The van der Waals surface area contributed by atoms with Crippen molar-refractivity contribution < 1.29 is 19.4 Å². The molecule has 6 heteroatoms. The molecule has 0 spiro atoms. The third-order valence-electron chi connectivity index (χ3n) is 7.38. The summed E-state index contributed by atoms with van der Waals surface area (Å²) in [6.45, 7) is 9.46. The molecule has 214 valence electrons. The van der Waals surface area contributed by atoms with E-state index in [0.717, 1.165) is 22.3 Å². The summed E-state index contributed by atoms with van der Waals surface area (Å²) < 4.78 is 5.72. The molecule has 0 saturated carbocycles. The van der Waals surface area contributed by atoms with Gasteiger partial charge in [-0.25, -0.2) is 0 Å². The summed E-state index contributed by atoms with van der Waals surface area (Å²) in [5.41, 5.74) is 15.8. The van der Waals surface area contributed by atoms with E-state index in [1.165, 1.54) is 0 Å². The van der Waals surface area contributed by atoms with Crippen LogP contribution in [0.1, 0.15) is 61.4 Å². The first kappa shape index (κ1) is 31.2. The second-order valence-corrected chi connectivity index (χ2v) is 11.8.